The van der Waals surface area contributed by atoms with E-state index in [0.29, 0.717) is 0 Å². The van der Waals surface area contributed by atoms with Gasteiger partial charge in [-0.3, -0.25) is 4.79 Å². The number of hydrogen-bond donors (Lipinski definition) is 1. The van der Waals surface area contributed by atoms with E-state index in [2.05, 4.69) is 4.98 Å². The first-order valence-corrected chi connectivity index (χ1v) is 3.92. The van der Waals surface area contributed by atoms with Crippen molar-refractivity contribution in [2.45, 2.75) is 6.92 Å². The fourth-order valence-corrected chi connectivity index (χ4v) is 0.839. The third kappa shape index (κ3) is 2.55. The van der Waals surface area contributed by atoms with Gasteiger partial charge in [-0.25, -0.2) is 9.78 Å². The lowest BCUT2D eigenvalue weighted by Crippen LogP contribution is -2.10. The minimum Gasteiger partial charge on any atom is -0.477 e. The van der Waals surface area contributed by atoms with Crippen molar-refractivity contribution >= 4 is 11.8 Å². The van der Waals surface area contributed by atoms with Gasteiger partial charge in [-0.1, -0.05) is 0 Å². The molecule has 0 aliphatic rings. The Balaban J connectivity index is 2.84. The number of rotatable bonds is 4. The fourth-order valence-electron chi connectivity index (χ4n) is 0.839. The van der Waals surface area contributed by atoms with Gasteiger partial charge in [-0.05, 0) is 19.1 Å². The summed E-state index contributed by atoms with van der Waals surface area (Å²) in [6.07, 6.45) is 1.40. The maximum Gasteiger partial charge on any atom is 0.341 e. The average Bonchev–Trinajstić information content (AvgIpc) is 2.15. The lowest BCUT2D eigenvalue weighted by atomic mass is 10.3. The number of carboxylic acids is 1. The Kier molecular flexibility index (Phi) is 3.17. The van der Waals surface area contributed by atoms with Crippen LogP contribution in [0, 0.1) is 0 Å². The molecule has 1 heterocycles. The van der Waals surface area contributed by atoms with Crippen LogP contribution in [-0.2, 0) is 4.79 Å². The van der Waals surface area contributed by atoms with Gasteiger partial charge in [0.15, 0.2) is 5.78 Å². The van der Waals surface area contributed by atoms with E-state index in [1.807, 2.05) is 0 Å². The quantitative estimate of drug-likeness (QED) is 0.767. The summed E-state index contributed by atoms with van der Waals surface area (Å²) in [6.45, 7) is 1.18. The normalized spacial score (nSPS) is 9.50. The number of carbonyl (C=O) groups excluding carboxylic acids is 1. The third-order valence-electron chi connectivity index (χ3n) is 1.41. The predicted molar refractivity (Wildman–Crippen MR) is 47.4 cm³/mol. The molecule has 0 spiro atoms. The molecule has 1 rings (SSSR count). The summed E-state index contributed by atoms with van der Waals surface area (Å²) in [5, 5.41) is 8.73. The van der Waals surface area contributed by atoms with Crippen LogP contribution in [0.3, 0.4) is 0 Å². The maximum atomic E-state index is 10.7. The lowest BCUT2D eigenvalue weighted by molar-refractivity contribution is -0.119. The Bertz CT molecular complexity index is 362. The van der Waals surface area contributed by atoms with Crippen molar-refractivity contribution in [2.24, 2.45) is 0 Å². The van der Waals surface area contributed by atoms with Crippen molar-refractivity contribution in [1.82, 2.24) is 4.98 Å². The van der Waals surface area contributed by atoms with Crippen LogP contribution in [0.5, 0.6) is 5.88 Å². The van der Waals surface area contributed by atoms with Crippen molar-refractivity contribution in [3.63, 3.8) is 0 Å². The highest BCUT2D eigenvalue weighted by Crippen LogP contribution is 2.13. The number of pyridine rings is 1. The van der Waals surface area contributed by atoms with Crippen molar-refractivity contribution in [3.05, 3.63) is 23.9 Å². The Morgan fingerprint density at radius 1 is 1.57 bits per heavy atom. The van der Waals surface area contributed by atoms with Crippen molar-refractivity contribution in [1.29, 1.82) is 0 Å². The third-order valence-corrected chi connectivity index (χ3v) is 1.41. The molecule has 0 bridgehead atoms. The standard InChI is InChI=1S/C9H9NO4/c1-6(11)5-14-8-7(9(12)13)3-2-4-10-8/h2-4H,5H2,1H3,(H,12,13). The highest BCUT2D eigenvalue weighted by Gasteiger charge is 2.11. The van der Waals surface area contributed by atoms with Gasteiger partial charge in [-0.15, -0.1) is 0 Å². The van der Waals surface area contributed by atoms with Gasteiger partial charge in [0.2, 0.25) is 5.88 Å². The van der Waals surface area contributed by atoms with Crippen LogP contribution in [0.4, 0.5) is 0 Å². The molecular formula is C9H9NO4. The molecule has 1 aromatic rings. The minimum absolute atomic E-state index is 0.0322. The van der Waals surface area contributed by atoms with E-state index in [4.69, 9.17) is 9.84 Å². The molecule has 0 saturated carbocycles. The molecule has 5 heteroatoms. The van der Waals surface area contributed by atoms with Gasteiger partial charge in [0.05, 0.1) is 0 Å². The number of ether oxygens (including phenoxy) is 1. The zero-order chi connectivity index (χ0) is 10.6. The molecule has 0 unspecified atom stereocenters. The van der Waals surface area contributed by atoms with Crippen LogP contribution in [0.25, 0.3) is 0 Å². The first-order valence-electron chi connectivity index (χ1n) is 3.92. The van der Waals surface area contributed by atoms with E-state index < -0.39 is 5.97 Å². The largest absolute Gasteiger partial charge is 0.477 e. The molecule has 0 fully saturated rings. The van der Waals surface area contributed by atoms with Crippen LogP contribution in [0.15, 0.2) is 18.3 Å². The van der Waals surface area contributed by atoms with E-state index in [1.165, 1.54) is 25.3 Å². The van der Waals surface area contributed by atoms with E-state index in [0.717, 1.165) is 0 Å². The van der Waals surface area contributed by atoms with Gasteiger partial charge in [-0.2, -0.15) is 0 Å². The zero-order valence-corrected chi connectivity index (χ0v) is 7.56. The average molecular weight is 195 g/mol. The number of aromatic carboxylic acids is 1. The van der Waals surface area contributed by atoms with Gasteiger partial charge in [0, 0.05) is 6.20 Å². The predicted octanol–water partition coefficient (Wildman–Crippen LogP) is 0.748. The smallest absolute Gasteiger partial charge is 0.341 e. The van der Waals surface area contributed by atoms with E-state index >= 15 is 0 Å². The summed E-state index contributed by atoms with van der Waals surface area (Å²) < 4.78 is 4.92. The molecule has 0 amide bonds. The Labute approximate surface area is 80.3 Å². The molecule has 1 aromatic heterocycles. The highest BCUT2D eigenvalue weighted by molar-refractivity contribution is 5.90. The summed E-state index contributed by atoms with van der Waals surface area (Å²) in [5.41, 5.74) is -0.0475. The first-order chi connectivity index (χ1) is 6.61. The Hall–Kier alpha value is -1.91. The number of nitrogens with zero attached hydrogens (tertiary/aromatic N) is 1. The number of hydrogen-bond acceptors (Lipinski definition) is 4. The van der Waals surface area contributed by atoms with Crippen LogP contribution < -0.4 is 4.74 Å². The Morgan fingerprint density at radius 2 is 2.29 bits per heavy atom. The van der Waals surface area contributed by atoms with E-state index in [1.54, 1.807) is 0 Å². The van der Waals surface area contributed by atoms with Crippen molar-refractivity contribution in [2.75, 3.05) is 6.61 Å². The second kappa shape index (κ2) is 4.36. The molecule has 0 aromatic carbocycles. The second-order valence-electron chi connectivity index (χ2n) is 2.65. The molecule has 0 atom stereocenters. The monoisotopic (exact) mass is 195 g/mol. The van der Waals surface area contributed by atoms with Crippen LogP contribution >= 0.6 is 0 Å². The molecule has 0 radical (unpaired) electrons. The molecule has 0 aliphatic carbocycles. The SMILES string of the molecule is CC(=O)COc1ncccc1C(=O)O. The van der Waals surface area contributed by atoms with E-state index in [9.17, 15) is 9.59 Å². The van der Waals surface area contributed by atoms with Gasteiger partial charge in [0.25, 0.3) is 0 Å². The molecular weight excluding hydrogens is 186 g/mol. The second-order valence-corrected chi connectivity index (χ2v) is 2.65. The number of Topliss-reactive ketones (excluding diaryl/α,β-unsaturated/α-hetero) is 1. The lowest BCUT2D eigenvalue weighted by Gasteiger charge is -2.04. The van der Waals surface area contributed by atoms with Crippen molar-refractivity contribution in [3.8, 4) is 5.88 Å². The summed E-state index contributed by atoms with van der Waals surface area (Å²) in [6, 6.07) is 2.86. The number of carboxylic acid groups (broad SMARTS) is 1. The summed E-state index contributed by atoms with van der Waals surface area (Å²) in [5.74, 6) is -1.35. The topological polar surface area (TPSA) is 76.5 Å². The maximum absolute atomic E-state index is 10.7. The number of aromatic nitrogens is 1. The minimum atomic E-state index is -1.13. The van der Waals surface area contributed by atoms with Crippen LogP contribution in [0.1, 0.15) is 17.3 Å². The summed E-state index contributed by atoms with van der Waals surface area (Å²) in [7, 11) is 0. The molecule has 14 heavy (non-hydrogen) atoms. The molecule has 5 nitrogen and oxygen atoms in total. The van der Waals surface area contributed by atoms with Crippen LogP contribution in [-0.4, -0.2) is 28.4 Å². The van der Waals surface area contributed by atoms with Gasteiger partial charge >= 0.3 is 5.97 Å². The fraction of sp³-hybridized carbons (Fsp3) is 0.222. The van der Waals surface area contributed by atoms with E-state index in [-0.39, 0.29) is 23.8 Å². The Morgan fingerprint density at radius 3 is 2.86 bits per heavy atom. The molecule has 0 aliphatic heterocycles. The summed E-state index contributed by atoms with van der Waals surface area (Å²) >= 11 is 0. The highest BCUT2D eigenvalue weighted by atomic mass is 16.5. The van der Waals surface area contributed by atoms with Gasteiger partial charge in [0.1, 0.15) is 12.2 Å². The van der Waals surface area contributed by atoms with Crippen molar-refractivity contribution < 1.29 is 19.4 Å². The number of carbonyl (C=O) groups is 2. The molecule has 74 valence electrons. The summed E-state index contributed by atoms with van der Waals surface area (Å²) in [4.78, 5) is 25.0. The zero-order valence-electron chi connectivity index (χ0n) is 7.56. The van der Waals surface area contributed by atoms with Crippen LogP contribution in [0.2, 0.25) is 0 Å². The number of ketones is 1. The molecule has 1 N–H and O–H groups in total. The first kappa shape index (κ1) is 10.2. The molecule has 0 saturated heterocycles. The van der Waals surface area contributed by atoms with Gasteiger partial charge < -0.3 is 9.84 Å².